The van der Waals surface area contributed by atoms with Crippen LogP contribution in [0.3, 0.4) is 0 Å². The van der Waals surface area contributed by atoms with E-state index in [1.165, 1.54) is 12.1 Å². The van der Waals surface area contributed by atoms with Crippen molar-refractivity contribution in [2.75, 3.05) is 13.1 Å². The van der Waals surface area contributed by atoms with Crippen LogP contribution < -0.4 is 21.3 Å². The first-order chi connectivity index (χ1) is 14.9. The lowest BCUT2D eigenvalue weighted by molar-refractivity contribution is -0.133. The van der Waals surface area contributed by atoms with Crippen LogP contribution in [0.5, 0.6) is 5.75 Å². The molecule has 162 valence electrons. The molecule has 0 spiro atoms. The second-order valence-corrected chi connectivity index (χ2v) is 7.24. The van der Waals surface area contributed by atoms with Crippen LogP contribution in [0.15, 0.2) is 54.6 Å². The third-order valence-electron chi connectivity index (χ3n) is 4.81. The molecule has 9 nitrogen and oxygen atoms in total. The van der Waals surface area contributed by atoms with E-state index in [1.807, 2.05) is 30.3 Å². The highest BCUT2D eigenvalue weighted by atomic mass is 16.3. The summed E-state index contributed by atoms with van der Waals surface area (Å²) in [7, 11) is 0. The van der Waals surface area contributed by atoms with E-state index in [4.69, 9.17) is 0 Å². The van der Waals surface area contributed by atoms with E-state index in [0.717, 1.165) is 5.56 Å². The highest BCUT2D eigenvalue weighted by molar-refractivity contribution is 5.95. The van der Waals surface area contributed by atoms with Gasteiger partial charge in [0, 0.05) is 12.8 Å². The normalized spacial score (nSPS) is 20.4. The van der Waals surface area contributed by atoms with Crippen LogP contribution in [0.2, 0.25) is 0 Å². The summed E-state index contributed by atoms with van der Waals surface area (Å²) in [4.78, 5) is 49.8. The Bertz CT molecular complexity index is 946. The second-order valence-electron chi connectivity index (χ2n) is 7.24. The number of rotatable bonds is 4. The topological polar surface area (TPSA) is 137 Å². The summed E-state index contributed by atoms with van der Waals surface area (Å²) < 4.78 is 0. The molecule has 1 fully saturated rings. The van der Waals surface area contributed by atoms with Gasteiger partial charge < -0.3 is 26.4 Å². The van der Waals surface area contributed by atoms with Crippen molar-refractivity contribution in [3.05, 3.63) is 65.7 Å². The third kappa shape index (κ3) is 6.56. The summed E-state index contributed by atoms with van der Waals surface area (Å²) >= 11 is 0. The number of nitrogens with one attached hydrogen (secondary N) is 4. The fraction of sp³-hybridized carbons (Fsp3) is 0.273. The quantitative estimate of drug-likeness (QED) is 0.446. The summed E-state index contributed by atoms with van der Waals surface area (Å²) in [5, 5.41) is 19.6. The predicted octanol–water partition coefficient (Wildman–Crippen LogP) is -0.607. The molecular weight excluding hydrogens is 400 g/mol. The highest BCUT2D eigenvalue weighted by Crippen LogP contribution is 2.11. The Labute approximate surface area is 179 Å². The zero-order chi connectivity index (χ0) is 22.2. The lowest BCUT2D eigenvalue weighted by atomic mass is 10.0. The van der Waals surface area contributed by atoms with Crippen LogP contribution in [0.1, 0.15) is 11.1 Å². The van der Waals surface area contributed by atoms with Crippen LogP contribution in [0, 0.1) is 0 Å². The first-order valence-electron chi connectivity index (χ1n) is 9.86. The van der Waals surface area contributed by atoms with E-state index >= 15 is 0 Å². The fourth-order valence-corrected chi connectivity index (χ4v) is 3.21. The standard InChI is InChI=1S/C22H24N4O5/c27-16-8-6-15(7-9-16)11-18-22(31)24-12-19(28)25-17(10-14-4-2-1-3-5-14)21(30)23-13-20(29)26-18/h1-9,17-18,27H,10-13H2,(H,23,30)(H,24,31)(H,25,28)(H,26,29)/t17-,18-/m0/s1. The van der Waals surface area contributed by atoms with Crippen LogP contribution >= 0.6 is 0 Å². The Hall–Kier alpha value is -3.88. The molecule has 5 N–H and O–H groups in total. The summed E-state index contributed by atoms with van der Waals surface area (Å²) in [6, 6.07) is 13.6. The van der Waals surface area contributed by atoms with E-state index in [9.17, 15) is 24.3 Å². The van der Waals surface area contributed by atoms with E-state index in [2.05, 4.69) is 21.3 Å². The van der Waals surface area contributed by atoms with E-state index in [-0.39, 0.29) is 31.7 Å². The van der Waals surface area contributed by atoms with E-state index in [0.29, 0.717) is 5.56 Å². The van der Waals surface area contributed by atoms with Gasteiger partial charge >= 0.3 is 0 Å². The fourth-order valence-electron chi connectivity index (χ4n) is 3.21. The molecule has 3 rings (SSSR count). The molecule has 0 aliphatic carbocycles. The number of hydrogen-bond acceptors (Lipinski definition) is 5. The van der Waals surface area contributed by atoms with Crippen molar-refractivity contribution >= 4 is 23.6 Å². The predicted molar refractivity (Wildman–Crippen MR) is 112 cm³/mol. The number of benzene rings is 2. The van der Waals surface area contributed by atoms with Crippen molar-refractivity contribution in [3.8, 4) is 5.75 Å². The van der Waals surface area contributed by atoms with Crippen molar-refractivity contribution in [3.63, 3.8) is 0 Å². The van der Waals surface area contributed by atoms with Gasteiger partial charge in [-0.1, -0.05) is 42.5 Å². The Morgan fingerprint density at radius 2 is 1.13 bits per heavy atom. The van der Waals surface area contributed by atoms with Crippen LogP contribution in [0.4, 0.5) is 0 Å². The molecule has 0 bridgehead atoms. The van der Waals surface area contributed by atoms with E-state index in [1.54, 1.807) is 12.1 Å². The molecule has 1 aliphatic heterocycles. The minimum atomic E-state index is -0.943. The number of aromatic hydroxyl groups is 1. The van der Waals surface area contributed by atoms with Gasteiger partial charge in [-0.2, -0.15) is 0 Å². The maximum atomic E-state index is 12.6. The van der Waals surface area contributed by atoms with Gasteiger partial charge in [0.05, 0.1) is 13.1 Å². The molecule has 0 saturated carbocycles. The Morgan fingerprint density at radius 1 is 0.677 bits per heavy atom. The molecule has 0 aromatic heterocycles. The Kier molecular flexibility index (Phi) is 7.21. The monoisotopic (exact) mass is 424 g/mol. The smallest absolute Gasteiger partial charge is 0.243 e. The average molecular weight is 424 g/mol. The summed E-state index contributed by atoms with van der Waals surface area (Å²) in [6.07, 6.45) is 0.404. The van der Waals surface area contributed by atoms with Gasteiger partial charge in [0.1, 0.15) is 17.8 Å². The molecule has 4 amide bonds. The number of phenolic OH excluding ortho intramolecular Hbond substituents is 1. The van der Waals surface area contributed by atoms with Crippen LogP contribution in [0.25, 0.3) is 0 Å². The van der Waals surface area contributed by atoms with Crippen molar-refractivity contribution in [2.45, 2.75) is 24.9 Å². The third-order valence-corrected chi connectivity index (χ3v) is 4.81. The number of carbonyl (C=O) groups is 4. The number of carbonyl (C=O) groups excluding carboxylic acids is 4. The largest absolute Gasteiger partial charge is 0.508 e. The van der Waals surface area contributed by atoms with Crippen molar-refractivity contribution in [1.29, 1.82) is 0 Å². The molecule has 9 heteroatoms. The SMILES string of the molecule is O=C1CNC(=O)[C@H](Cc2ccccc2)NC(=O)CNC(=O)[C@H](Cc2ccc(O)cc2)N1. The lowest BCUT2D eigenvalue weighted by Crippen LogP contribution is -2.56. The van der Waals surface area contributed by atoms with Gasteiger partial charge in [-0.25, -0.2) is 0 Å². The van der Waals surface area contributed by atoms with Crippen molar-refractivity contribution in [2.24, 2.45) is 0 Å². The summed E-state index contributed by atoms with van der Waals surface area (Å²) in [6.45, 7) is -0.668. The van der Waals surface area contributed by atoms with Gasteiger partial charge in [-0.05, 0) is 23.3 Å². The highest BCUT2D eigenvalue weighted by Gasteiger charge is 2.26. The van der Waals surface area contributed by atoms with Gasteiger partial charge in [0.2, 0.25) is 23.6 Å². The molecule has 1 heterocycles. The molecule has 1 saturated heterocycles. The first-order valence-corrected chi connectivity index (χ1v) is 9.86. The molecule has 1 aliphatic rings. The number of amides is 4. The Morgan fingerprint density at radius 3 is 1.61 bits per heavy atom. The maximum absolute atomic E-state index is 12.6. The zero-order valence-corrected chi connectivity index (χ0v) is 16.8. The van der Waals surface area contributed by atoms with Crippen LogP contribution in [-0.4, -0.2) is 53.9 Å². The van der Waals surface area contributed by atoms with E-state index < -0.39 is 35.7 Å². The van der Waals surface area contributed by atoms with Crippen molar-refractivity contribution in [1.82, 2.24) is 21.3 Å². The molecule has 2 aromatic carbocycles. The minimum absolute atomic E-state index is 0.0837. The average Bonchev–Trinajstić information content (AvgIpc) is 2.76. The van der Waals surface area contributed by atoms with Crippen LogP contribution in [-0.2, 0) is 32.0 Å². The zero-order valence-electron chi connectivity index (χ0n) is 16.8. The molecule has 0 unspecified atom stereocenters. The molecule has 31 heavy (non-hydrogen) atoms. The minimum Gasteiger partial charge on any atom is -0.508 e. The van der Waals surface area contributed by atoms with Gasteiger partial charge in [0.15, 0.2) is 0 Å². The summed E-state index contributed by atoms with van der Waals surface area (Å²) in [5.41, 5.74) is 1.55. The number of phenols is 1. The van der Waals surface area contributed by atoms with Crippen molar-refractivity contribution < 1.29 is 24.3 Å². The molecule has 0 radical (unpaired) electrons. The van der Waals surface area contributed by atoms with Gasteiger partial charge in [-0.15, -0.1) is 0 Å². The molecule has 2 atom stereocenters. The molecular formula is C22H24N4O5. The van der Waals surface area contributed by atoms with Gasteiger partial charge in [0.25, 0.3) is 0 Å². The lowest BCUT2D eigenvalue weighted by Gasteiger charge is -2.23. The summed E-state index contributed by atoms with van der Waals surface area (Å²) in [5.74, 6) is -1.98. The second kappa shape index (κ2) is 10.2. The Balaban J connectivity index is 1.70. The molecule has 2 aromatic rings. The first kappa shape index (κ1) is 21.8. The van der Waals surface area contributed by atoms with Gasteiger partial charge in [-0.3, -0.25) is 19.2 Å². The number of hydrogen-bond donors (Lipinski definition) is 5. The maximum Gasteiger partial charge on any atom is 0.243 e.